The molecule has 98 valence electrons. The van der Waals surface area contributed by atoms with Gasteiger partial charge in [0.25, 0.3) is 0 Å². The standard InChI is InChI=1S/C15H22N2O/c1-15(8-3-4-9-15)14(18)17-13-7-5-6-12(10-13)11-16-2/h5-7,10,16H,3-4,8-9,11H2,1-2H3,(H,17,18). The lowest BCUT2D eigenvalue weighted by molar-refractivity contribution is -0.124. The fourth-order valence-corrected chi connectivity index (χ4v) is 2.63. The Morgan fingerprint density at radius 3 is 2.72 bits per heavy atom. The van der Waals surface area contributed by atoms with Crippen LogP contribution in [0, 0.1) is 5.41 Å². The summed E-state index contributed by atoms with van der Waals surface area (Å²) in [5.74, 6) is 0.168. The highest BCUT2D eigenvalue weighted by molar-refractivity contribution is 5.95. The van der Waals surface area contributed by atoms with E-state index in [2.05, 4.69) is 23.6 Å². The molecule has 1 aromatic rings. The molecule has 0 saturated heterocycles. The molecular weight excluding hydrogens is 224 g/mol. The normalized spacial score (nSPS) is 17.7. The maximum absolute atomic E-state index is 12.3. The Morgan fingerprint density at radius 1 is 1.33 bits per heavy atom. The van der Waals surface area contributed by atoms with Gasteiger partial charge in [-0.2, -0.15) is 0 Å². The van der Waals surface area contributed by atoms with Crippen LogP contribution in [0.5, 0.6) is 0 Å². The zero-order valence-electron chi connectivity index (χ0n) is 11.3. The number of amides is 1. The van der Waals surface area contributed by atoms with Crippen LogP contribution in [0.1, 0.15) is 38.2 Å². The minimum absolute atomic E-state index is 0.168. The predicted octanol–water partition coefficient (Wildman–Crippen LogP) is 2.92. The number of nitrogens with one attached hydrogen (secondary N) is 2. The van der Waals surface area contributed by atoms with E-state index in [0.717, 1.165) is 25.1 Å². The van der Waals surface area contributed by atoms with Crippen molar-refractivity contribution in [3.8, 4) is 0 Å². The molecule has 1 aromatic carbocycles. The van der Waals surface area contributed by atoms with E-state index in [9.17, 15) is 4.79 Å². The van der Waals surface area contributed by atoms with Crippen molar-refractivity contribution in [1.82, 2.24) is 5.32 Å². The Kier molecular flexibility index (Phi) is 4.02. The van der Waals surface area contributed by atoms with Gasteiger partial charge in [-0.15, -0.1) is 0 Å². The molecule has 0 bridgehead atoms. The van der Waals surface area contributed by atoms with Crippen molar-refractivity contribution in [3.05, 3.63) is 29.8 Å². The van der Waals surface area contributed by atoms with E-state index in [1.807, 2.05) is 25.2 Å². The van der Waals surface area contributed by atoms with Crippen LogP contribution in [0.4, 0.5) is 5.69 Å². The van der Waals surface area contributed by atoms with Crippen LogP contribution in [0.3, 0.4) is 0 Å². The van der Waals surface area contributed by atoms with Crippen molar-refractivity contribution in [2.75, 3.05) is 12.4 Å². The molecule has 18 heavy (non-hydrogen) atoms. The van der Waals surface area contributed by atoms with Crippen molar-refractivity contribution in [2.45, 2.75) is 39.2 Å². The van der Waals surface area contributed by atoms with E-state index in [-0.39, 0.29) is 11.3 Å². The van der Waals surface area contributed by atoms with Gasteiger partial charge in [0, 0.05) is 17.6 Å². The summed E-state index contributed by atoms with van der Waals surface area (Å²) in [6.07, 6.45) is 4.36. The van der Waals surface area contributed by atoms with Gasteiger partial charge >= 0.3 is 0 Å². The molecule has 1 aliphatic carbocycles. The van der Waals surface area contributed by atoms with E-state index in [1.54, 1.807) is 0 Å². The lowest BCUT2D eigenvalue weighted by Crippen LogP contribution is -2.30. The van der Waals surface area contributed by atoms with Crippen LogP contribution in [0.25, 0.3) is 0 Å². The molecule has 0 heterocycles. The summed E-state index contributed by atoms with van der Waals surface area (Å²) in [4.78, 5) is 12.3. The minimum Gasteiger partial charge on any atom is -0.326 e. The second kappa shape index (κ2) is 5.53. The van der Waals surface area contributed by atoms with Gasteiger partial charge in [-0.1, -0.05) is 31.9 Å². The van der Waals surface area contributed by atoms with Crippen molar-refractivity contribution in [2.24, 2.45) is 5.41 Å². The molecule has 1 amide bonds. The second-order valence-electron chi connectivity index (χ2n) is 5.45. The summed E-state index contributed by atoms with van der Waals surface area (Å²) >= 11 is 0. The highest BCUT2D eigenvalue weighted by atomic mass is 16.2. The van der Waals surface area contributed by atoms with Crippen LogP contribution in [0.2, 0.25) is 0 Å². The Hall–Kier alpha value is -1.35. The predicted molar refractivity (Wildman–Crippen MR) is 74.4 cm³/mol. The first-order chi connectivity index (χ1) is 8.64. The quantitative estimate of drug-likeness (QED) is 0.857. The summed E-state index contributed by atoms with van der Waals surface area (Å²) < 4.78 is 0. The highest BCUT2D eigenvalue weighted by Gasteiger charge is 2.36. The van der Waals surface area contributed by atoms with Gasteiger partial charge in [-0.05, 0) is 37.6 Å². The zero-order chi connectivity index (χ0) is 13.0. The average Bonchev–Trinajstić information content (AvgIpc) is 2.78. The molecule has 0 aromatic heterocycles. The van der Waals surface area contributed by atoms with Crippen molar-refractivity contribution >= 4 is 11.6 Å². The van der Waals surface area contributed by atoms with Gasteiger partial charge in [-0.25, -0.2) is 0 Å². The largest absolute Gasteiger partial charge is 0.326 e. The number of carbonyl (C=O) groups is 1. The number of anilines is 1. The van der Waals surface area contributed by atoms with Crippen molar-refractivity contribution in [1.29, 1.82) is 0 Å². The third-order valence-corrected chi connectivity index (χ3v) is 3.82. The Balaban J connectivity index is 2.04. The Bertz CT molecular complexity index is 422. The average molecular weight is 246 g/mol. The van der Waals surface area contributed by atoms with E-state index in [4.69, 9.17) is 0 Å². The molecule has 0 atom stereocenters. The molecule has 0 aliphatic heterocycles. The van der Waals surface area contributed by atoms with Crippen LogP contribution >= 0.6 is 0 Å². The molecule has 1 fully saturated rings. The first-order valence-electron chi connectivity index (χ1n) is 6.69. The van der Waals surface area contributed by atoms with Gasteiger partial charge in [0.1, 0.15) is 0 Å². The maximum atomic E-state index is 12.3. The molecule has 0 radical (unpaired) electrons. The van der Waals surface area contributed by atoms with E-state index < -0.39 is 0 Å². The topological polar surface area (TPSA) is 41.1 Å². The van der Waals surface area contributed by atoms with E-state index in [0.29, 0.717) is 0 Å². The molecule has 2 rings (SSSR count). The summed E-state index contributed by atoms with van der Waals surface area (Å²) in [6, 6.07) is 8.03. The highest BCUT2D eigenvalue weighted by Crippen LogP contribution is 2.38. The molecule has 0 unspecified atom stereocenters. The second-order valence-corrected chi connectivity index (χ2v) is 5.45. The fraction of sp³-hybridized carbons (Fsp3) is 0.533. The number of carbonyl (C=O) groups excluding carboxylic acids is 1. The molecule has 3 heteroatoms. The van der Waals surface area contributed by atoms with Gasteiger partial charge in [0.2, 0.25) is 5.91 Å². The monoisotopic (exact) mass is 246 g/mol. The summed E-state index contributed by atoms with van der Waals surface area (Å²) in [6.45, 7) is 2.90. The third-order valence-electron chi connectivity index (χ3n) is 3.82. The number of benzene rings is 1. The van der Waals surface area contributed by atoms with Crippen molar-refractivity contribution in [3.63, 3.8) is 0 Å². The van der Waals surface area contributed by atoms with Crippen molar-refractivity contribution < 1.29 is 4.79 Å². The van der Waals surface area contributed by atoms with Gasteiger partial charge in [0.05, 0.1) is 0 Å². The first-order valence-corrected chi connectivity index (χ1v) is 6.69. The lowest BCUT2D eigenvalue weighted by Gasteiger charge is -2.22. The maximum Gasteiger partial charge on any atom is 0.230 e. The van der Waals surface area contributed by atoms with E-state index >= 15 is 0 Å². The zero-order valence-corrected chi connectivity index (χ0v) is 11.3. The van der Waals surface area contributed by atoms with Crippen LogP contribution in [-0.2, 0) is 11.3 Å². The SMILES string of the molecule is CNCc1cccc(NC(=O)C2(C)CCCC2)c1. The third kappa shape index (κ3) is 2.91. The van der Waals surface area contributed by atoms with Gasteiger partial charge < -0.3 is 10.6 Å². The smallest absolute Gasteiger partial charge is 0.230 e. The van der Waals surface area contributed by atoms with Gasteiger partial charge in [0.15, 0.2) is 0 Å². The summed E-state index contributed by atoms with van der Waals surface area (Å²) in [7, 11) is 1.92. The number of rotatable bonds is 4. The number of hydrogen-bond donors (Lipinski definition) is 2. The van der Waals surface area contributed by atoms with Crippen LogP contribution < -0.4 is 10.6 Å². The van der Waals surface area contributed by atoms with Crippen LogP contribution in [-0.4, -0.2) is 13.0 Å². The summed E-state index contributed by atoms with van der Waals surface area (Å²) in [5, 5.41) is 6.17. The minimum atomic E-state index is -0.168. The Morgan fingerprint density at radius 2 is 2.06 bits per heavy atom. The van der Waals surface area contributed by atoms with Crippen LogP contribution in [0.15, 0.2) is 24.3 Å². The molecule has 2 N–H and O–H groups in total. The van der Waals surface area contributed by atoms with E-state index in [1.165, 1.54) is 18.4 Å². The molecule has 1 aliphatic rings. The summed E-state index contributed by atoms with van der Waals surface area (Å²) in [5.41, 5.74) is 1.92. The molecular formula is C15H22N2O. The molecule has 0 spiro atoms. The number of hydrogen-bond acceptors (Lipinski definition) is 2. The lowest BCUT2D eigenvalue weighted by atomic mass is 9.88. The molecule has 1 saturated carbocycles. The fourth-order valence-electron chi connectivity index (χ4n) is 2.63. The Labute approximate surface area is 109 Å². The molecule has 3 nitrogen and oxygen atoms in total. The van der Waals surface area contributed by atoms with Gasteiger partial charge in [-0.3, -0.25) is 4.79 Å². The first kappa shape index (κ1) is 13.1.